The molecule has 0 radical (unpaired) electrons. The summed E-state index contributed by atoms with van der Waals surface area (Å²) in [6, 6.07) is 22.4. The number of hydrogen-bond donors (Lipinski definition) is 1. The lowest BCUT2D eigenvalue weighted by Gasteiger charge is -2.25. The van der Waals surface area contributed by atoms with Crippen molar-refractivity contribution in [2.24, 2.45) is 5.10 Å². The fourth-order valence-corrected chi connectivity index (χ4v) is 3.71. The third kappa shape index (κ3) is 3.59. The molecular formula is C24H22N2O4. The van der Waals surface area contributed by atoms with Crippen molar-refractivity contribution in [3.8, 4) is 11.5 Å². The van der Waals surface area contributed by atoms with E-state index < -0.39 is 5.97 Å². The van der Waals surface area contributed by atoms with Crippen LogP contribution in [0.5, 0.6) is 11.5 Å². The summed E-state index contributed by atoms with van der Waals surface area (Å²) in [5.74, 6) is 0.274. The highest BCUT2D eigenvalue weighted by Gasteiger charge is 2.32. The summed E-state index contributed by atoms with van der Waals surface area (Å²) in [5, 5.41) is 16.3. The Morgan fingerprint density at radius 2 is 1.67 bits per heavy atom. The normalized spacial score (nSPS) is 15.6. The molecule has 0 saturated carbocycles. The summed E-state index contributed by atoms with van der Waals surface area (Å²) in [5.41, 5.74) is 3.63. The van der Waals surface area contributed by atoms with Gasteiger partial charge in [-0.05, 0) is 35.4 Å². The Hall–Kier alpha value is -3.80. The van der Waals surface area contributed by atoms with E-state index >= 15 is 0 Å². The zero-order valence-corrected chi connectivity index (χ0v) is 16.8. The van der Waals surface area contributed by atoms with Crippen LogP contribution < -0.4 is 14.5 Å². The molecule has 0 amide bonds. The summed E-state index contributed by atoms with van der Waals surface area (Å²) >= 11 is 0. The van der Waals surface area contributed by atoms with Crippen LogP contribution in [0.3, 0.4) is 0 Å². The minimum atomic E-state index is -0.986. The van der Waals surface area contributed by atoms with Gasteiger partial charge in [0.1, 0.15) is 0 Å². The van der Waals surface area contributed by atoms with E-state index in [0.717, 1.165) is 16.8 Å². The maximum Gasteiger partial charge on any atom is 0.337 e. The zero-order chi connectivity index (χ0) is 21.1. The third-order valence-corrected chi connectivity index (χ3v) is 5.19. The van der Waals surface area contributed by atoms with Gasteiger partial charge >= 0.3 is 5.97 Å². The number of carboxylic acid groups (broad SMARTS) is 1. The second-order valence-corrected chi connectivity index (χ2v) is 6.91. The zero-order valence-electron chi connectivity index (χ0n) is 16.8. The molecule has 1 aliphatic rings. The maximum atomic E-state index is 11.8. The van der Waals surface area contributed by atoms with Crippen LogP contribution in [-0.4, -0.2) is 31.0 Å². The summed E-state index contributed by atoms with van der Waals surface area (Å²) in [7, 11) is 3.19. The average Bonchev–Trinajstić information content (AvgIpc) is 3.24. The minimum absolute atomic E-state index is 0.180. The summed E-state index contributed by atoms with van der Waals surface area (Å²) in [6.07, 6.45) is 0.632. The van der Waals surface area contributed by atoms with Gasteiger partial charge in [0.05, 0.1) is 37.2 Å². The number of ether oxygens (including phenoxy) is 2. The Balaban J connectivity index is 1.82. The van der Waals surface area contributed by atoms with Gasteiger partial charge in [-0.15, -0.1) is 0 Å². The molecule has 0 aromatic heterocycles. The van der Waals surface area contributed by atoms with E-state index in [1.165, 1.54) is 0 Å². The smallest absolute Gasteiger partial charge is 0.337 e. The summed E-state index contributed by atoms with van der Waals surface area (Å²) < 4.78 is 10.8. The number of hydrazone groups is 1. The van der Waals surface area contributed by atoms with Gasteiger partial charge in [0, 0.05) is 6.42 Å². The van der Waals surface area contributed by atoms with Crippen molar-refractivity contribution in [1.82, 2.24) is 0 Å². The Bertz CT molecular complexity index is 1100. The number of carboxylic acids is 1. The van der Waals surface area contributed by atoms with Gasteiger partial charge in [0.15, 0.2) is 11.5 Å². The van der Waals surface area contributed by atoms with E-state index in [0.29, 0.717) is 23.6 Å². The molecule has 152 valence electrons. The largest absolute Gasteiger partial charge is 0.493 e. The molecule has 6 nitrogen and oxygen atoms in total. The van der Waals surface area contributed by atoms with Crippen molar-refractivity contribution in [3.05, 3.63) is 89.5 Å². The number of rotatable bonds is 6. The van der Waals surface area contributed by atoms with Crippen LogP contribution in [0.4, 0.5) is 5.69 Å². The van der Waals surface area contributed by atoms with Crippen molar-refractivity contribution in [2.75, 3.05) is 19.2 Å². The fourth-order valence-electron chi connectivity index (χ4n) is 3.71. The second kappa shape index (κ2) is 8.29. The maximum absolute atomic E-state index is 11.8. The van der Waals surface area contributed by atoms with E-state index in [2.05, 4.69) is 0 Å². The molecule has 3 aromatic carbocycles. The molecule has 30 heavy (non-hydrogen) atoms. The first-order valence-electron chi connectivity index (χ1n) is 9.58. The summed E-state index contributed by atoms with van der Waals surface area (Å²) in [6.45, 7) is 0. The molecule has 0 aliphatic carbocycles. The highest BCUT2D eigenvalue weighted by atomic mass is 16.5. The second-order valence-electron chi connectivity index (χ2n) is 6.91. The van der Waals surface area contributed by atoms with Crippen LogP contribution in [0, 0.1) is 0 Å². The average molecular weight is 402 g/mol. The van der Waals surface area contributed by atoms with E-state index in [1.807, 2.05) is 54.6 Å². The minimum Gasteiger partial charge on any atom is -0.493 e. The van der Waals surface area contributed by atoms with Gasteiger partial charge in [-0.25, -0.2) is 4.79 Å². The summed E-state index contributed by atoms with van der Waals surface area (Å²) in [4.78, 5) is 11.8. The van der Waals surface area contributed by atoms with Crippen molar-refractivity contribution in [1.29, 1.82) is 0 Å². The van der Waals surface area contributed by atoms with Crippen molar-refractivity contribution in [2.45, 2.75) is 12.5 Å². The van der Waals surface area contributed by atoms with Crippen LogP contribution in [0.1, 0.15) is 33.9 Å². The van der Waals surface area contributed by atoms with Crippen LogP contribution in [-0.2, 0) is 0 Å². The highest BCUT2D eigenvalue weighted by Crippen LogP contribution is 2.40. The third-order valence-electron chi connectivity index (χ3n) is 5.19. The van der Waals surface area contributed by atoms with E-state index in [4.69, 9.17) is 14.6 Å². The first-order valence-corrected chi connectivity index (χ1v) is 9.58. The molecule has 0 spiro atoms. The first kappa shape index (κ1) is 19.5. The molecule has 1 unspecified atom stereocenters. The Morgan fingerprint density at radius 1 is 0.967 bits per heavy atom. The molecule has 3 aromatic rings. The predicted octanol–water partition coefficient (Wildman–Crippen LogP) is 4.76. The van der Waals surface area contributed by atoms with Gasteiger partial charge in [-0.1, -0.05) is 48.5 Å². The fraction of sp³-hybridized carbons (Fsp3) is 0.167. The molecular weight excluding hydrogens is 380 g/mol. The lowest BCUT2D eigenvalue weighted by atomic mass is 9.97. The number of methoxy groups -OCH3 is 2. The van der Waals surface area contributed by atoms with Crippen LogP contribution in [0.25, 0.3) is 0 Å². The SMILES string of the molecule is COc1ccc(C2CC(c3ccccc3)=NN2c2ccccc2C(=O)O)cc1OC. The lowest BCUT2D eigenvalue weighted by Crippen LogP contribution is -2.21. The number of para-hydroxylation sites is 1. The molecule has 6 heteroatoms. The van der Waals surface area contributed by atoms with Crippen molar-refractivity contribution >= 4 is 17.4 Å². The molecule has 1 heterocycles. The Kier molecular flexibility index (Phi) is 5.39. The number of benzene rings is 3. The monoisotopic (exact) mass is 402 g/mol. The van der Waals surface area contributed by atoms with Gasteiger partial charge in [-0.2, -0.15) is 5.10 Å². The number of nitrogens with zero attached hydrogens (tertiary/aromatic N) is 2. The topological polar surface area (TPSA) is 71.4 Å². The highest BCUT2D eigenvalue weighted by molar-refractivity contribution is 6.04. The Labute approximate surface area is 175 Å². The van der Waals surface area contributed by atoms with Gasteiger partial charge in [0.2, 0.25) is 0 Å². The molecule has 1 N–H and O–H groups in total. The molecule has 4 rings (SSSR count). The van der Waals surface area contributed by atoms with Crippen LogP contribution >= 0.6 is 0 Å². The first-order chi connectivity index (χ1) is 14.6. The van der Waals surface area contributed by atoms with Crippen molar-refractivity contribution < 1.29 is 19.4 Å². The number of aromatic carboxylic acids is 1. The predicted molar refractivity (Wildman–Crippen MR) is 116 cm³/mol. The molecule has 1 aliphatic heterocycles. The number of hydrogen-bond acceptors (Lipinski definition) is 5. The molecule has 0 fully saturated rings. The quantitative estimate of drug-likeness (QED) is 0.644. The van der Waals surface area contributed by atoms with Crippen LogP contribution in [0.2, 0.25) is 0 Å². The standard InChI is InChI=1S/C24H22N2O4/c1-29-22-13-12-17(14-23(22)30-2)21-15-19(16-8-4-3-5-9-16)25-26(21)20-11-7-6-10-18(20)24(27)28/h3-14,21H,15H2,1-2H3,(H,27,28). The number of anilines is 1. The molecule has 1 atom stereocenters. The lowest BCUT2D eigenvalue weighted by molar-refractivity contribution is 0.0697. The molecule has 0 bridgehead atoms. The number of carbonyl (C=O) groups is 1. The van der Waals surface area contributed by atoms with E-state index in [9.17, 15) is 9.90 Å². The molecule has 0 saturated heterocycles. The van der Waals surface area contributed by atoms with Gasteiger partial charge < -0.3 is 14.6 Å². The van der Waals surface area contributed by atoms with Gasteiger partial charge in [-0.3, -0.25) is 5.01 Å². The van der Waals surface area contributed by atoms with Crippen LogP contribution in [0.15, 0.2) is 77.9 Å². The van der Waals surface area contributed by atoms with Crippen molar-refractivity contribution in [3.63, 3.8) is 0 Å². The van der Waals surface area contributed by atoms with Gasteiger partial charge in [0.25, 0.3) is 0 Å². The Morgan fingerprint density at radius 3 is 2.37 bits per heavy atom. The van der Waals surface area contributed by atoms with E-state index in [1.54, 1.807) is 37.4 Å². The van der Waals surface area contributed by atoms with E-state index in [-0.39, 0.29) is 11.6 Å².